The third kappa shape index (κ3) is 6.54. The van der Waals surface area contributed by atoms with E-state index in [9.17, 15) is 14.4 Å². The van der Waals surface area contributed by atoms with Crippen molar-refractivity contribution in [2.75, 3.05) is 50.7 Å². The molecule has 10 heteroatoms. The number of rotatable bonds is 4. The number of aryl methyl sites for hydroxylation is 1. The topological polar surface area (TPSA) is 100 Å². The number of piperidine rings is 2. The average Bonchev–Trinajstić information content (AvgIpc) is 3.29. The van der Waals surface area contributed by atoms with Gasteiger partial charge in [-0.3, -0.25) is 24.5 Å². The van der Waals surface area contributed by atoms with Crippen molar-refractivity contribution in [3.8, 4) is 0 Å². The number of fused-ring (bicyclic) bond motifs is 1. The highest BCUT2D eigenvalue weighted by Crippen LogP contribution is 2.46. The number of benzene rings is 1. The van der Waals surface area contributed by atoms with Crippen LogP contribution in [0, 0.1) is 11.3 Å². The first-order chi connectivity index (χ1) is 20.5. The Morgan fingerprint density at radius 3 is 2.35 bits per heavy atom. The van der Waals surface area contributed by atoms with Crippen molar-refractivity contribution >= 4 is 34.5 Å². The van der Waals surface area contributed by atoms with Gasteiger partial charge >= 0.3 is 6.09 Å². The lowest BCUT2D eigenvalue weighted by Gasteiger charge is -2.47. The van der Waals surface area contributed by atoms with E-state index >= 15 is 0 Å². The molecule has 4 fully saturated rings. The predicted octanol–water partition coefficient (Wildman–Crippen LogP) is 4.42. The van der Waals surface area contributed by atoms with Crippen LogP contribution in [0.1, 0.15) is 83.7 Å². The number of ether oxygens (including phenoxy) is 1. The molecule has 4 aliphatic rings. The summed E-state index contributed by atoms with van der Waals surface area (Å²) in [4.78, 5) is 43.6. The van der Waals surface area contributed by atoms with Gasteiger partial charge in [0.25, 0.3) is 0 Å². The maximum absolute atomic E-state index is 12.5. The molecule has 1 spiro atoms. The second-order valence-corrected chi connectivity index (χ2v) is 14.4. The summed E-state index contributed by atoms with van der Waals surface area (Å²) in [6.45, 7) is 12.8. The summed E-state index contributed by atoms with van der Waals surface area (Å²) in [6.07, 6.45) is 8.06. The summed E-state index contributed by atoms with van der Waals surface area (Å²) >= 11 is 0. The number of anilines is 1. The van der Waals surface area contributed by atoms with Crippen molar-refractivity contribution in [3.63, 3.8) is 0 Å². The Kier molecular flexibility index (Phi) is 8.17. The van der Waals surface area contributed by atoms with E-state index in [4.69, 9.17) is 9.84 Å². The van der Waals surface area contributed by atoms with Crippen LogP contribution in [0.4, 0.5) is 10.5 Å². The number of nitrogens with zero attached hydrogens (tertiary/aromatic N) is 5. The van der Waals surface area contributed by atoms with Gasteiger partial charge in [-0.1, -0.05) is 0 Å². The Hall–Kier alpha value is -3.14. The first-order valence-electron chi connectivity index (χ1n) is 16.2. The van der Waals surface area contributed by atoms with Crippen LogP contribution in [-0.4, -0.2) is 88.9 Å². The number of aromatic nitrogens is 2. The Morgan fingerprint density at radius 1 is 1.00 bits per heavy atom. The van der Waals surface area contributed by atoms with E-state index in [1.165, 1.54) is 37.9 Å². The van der Waals surface area contributed by atoms with E-state index in [1.807, 2.05) is 37.4 Å². The van der Waals surface area contributed by atoms with Crippen molar-refractivity contribution in [1.29, 1.82) is 0 Å². The van der Waals surface area contributed by atoms with E-state index in [2.05, 4.69) is 33.3 Å². The molecule has 1 aromatic heterocycles. The van der Waals surface area contributed by atoms with Gasteiger partial charge in [0.05, 0.1) is 17.1 Å². The lowest BCUT2D eigenvalue weighted by Crippen LogP contribution is -2.49. The van der Waals surface area contributed by atoms with Crippen LogP contribution in [0.15, 0.2) is 18.2 Å². The molecule has 3 aliphatic heterocycles. The fraction of sp³-hybridized carbons (Fsp3) is 0.697. The molecule has 1 N–H and O–H groups in total. The minimum absolute atomic E-state index is 0.160. The molecule has 1 unspecified atom stereocenters. The number of hydrogen-bond acceptors (Lipinski definition) is 7. The first-order valence-corrected chi connectivity index (χ1v) is 16.2. The zero-order valence-electron chi connectivity index (χ0n) is 26.4. The van der Waals surface area contributed by atoms with Gasteiger partial charge in [-0.25, -0.2) is 4.79 Å². The zero-order chi connectivity index (χ0) is 30.4. The van der Waals surface area contributed by atoms with Crippen molar-refractivity contribution in [3.05, 3.63) is 23.9 Å². The van der Waals surface area contributed by atoms with Crippen molar-refractivity contribution in [2.24, 2.45) is 18.4 Å². The van der Waals surface area contributed by atoms with Gasteiger partial charge in [0.2, 0.25) is 11.8 Å². The number of hydrogen-bond donors (Lipinski definition) is 1. The molecule has 234 valence electrons. The minimum atomic E-state index is -0.439. The van der Waals surface area contributed by atoms with Crippen LogP contribution in [0.5, 0.6) is 0 Å². The van der Waals surface area contributed by atoms with Gasteiger partial charge in [0, 0.05) is 70.4 Å². The summed E-state index contributed by atoms with van der Waals surface area (Å²) in [6, 6.07) is 6.45. The molecule has 0 bridgehead atoms. The Labute approximate surface area is 255 Å². The molecule has 0 radical (unpaired) electrons. The molecule has 4 heterocycles. The lowest BCUT2D eigenvalue weighted by atomic mass is 9.65. The molecular formula is C33H48N6O4. The number of piperazine rings is 1. The third-order valence-electron chi connectivity index (χ3n) is 10.3. The molecule has 1 aliphatic carbocycles. The first kappa shape index (κ1) is 29.9. The van der Waals surface area contributed by atoms with E-state index in [1.54, 1.807) is 0 Å². The third-order valence-corrected chi connectivity index (χ3v) is 10.3. The van der Waals surface area contributed by atoms with Gasteiger partial charge < -0.3 is 14.5 Å². The molecule has 1 saturated carbocycles. The Balaban J connectivity index is 0.978. The second kappa shape index (κ2) is 11.7. The SMILES string of the molecule is Cn1nc(C2CCC(=O)NC2=O)c2ccc(N3CCN(CC4CCC5(CC4)CCN(C(=O)OC(C)(C)C)CC5)CC3)cc21. The molecule has 3 saturated heterocycles. The smallest absolute Gasteiger partial charge is 0.410 e. The fourth-order valence-electron chi connectivity index (χ4n) is 7.70. The predicted molar refractivity (Wildman–Crippen MR) is 166 cm³/mol. The van der Waals surface area contributed by atoms with Crippen molar-refractivity contribution in [1.82, 2.24) is 24.9 Å². The van der Waals surface area contributed by atoms with Gasteiger partial charge in [0.15, 0.2) is 0 Å². The number of nitrogens with one attached hydrogen (secondary N) is 1. The van der Waals surface area contributed by atoms with Crippen molar-refractivity contribution < 1.29 is 19.1 Å². The van der Waals surface area contributed by atoms with Crippen LogP contribution in [0.3, 0.4) is 0 Å². The monoisotopic (exact) mass is 592 g/mol. The average molecular weight is 593 g/mol. The number of imide groups is 1. The molecule has 3 amide bonds. The maximum atomic E-state index is 12.5. The number of likely N-dealkylation sites (tertiary alicyclic amines) is 1. The summed E-state index contributed by atoms with van der Waals surface area (Å²) in [5.41, 5.74) is 2.96. The largest absolute Gasteiger partial charge is 0.444 e. The molecule has 6 rings (SSSR count). The maximum Gasteiger partial charge on any atom is 0.410 e. The van der Waals surface area contributed by atoms with Gasteiger partial charge in [0.1, 0.15) is 5.60 Å². The number of amides is 3. The second-order valence-electron chi connectivity index (χ2n) is 14.4. The van der Waals surface area contributed by atoms with Crippen LogP contribution in [0.2, 0.25) is 0 Å². The molecule has 1 aromatic carbocycles. The van der Waals surface area contributed by atoms with E-state index in [-0.39, 0.29) is 23.8 Å². The molecule has 43 heavy (non-hydrogen) atoms. The fourth-order valence-corrected chi connectivity index (χ4v) is 7.70. The summed E-state index contributed by atoms with van der Waals surface area (Å²) in [5, 5.41) is 8.16. The van der Waals surface area contributed by atoms with Crippen LogP contribution in [0.25, 0.3) is 10.9 Å². The minimum Gasteiger partial charge on any atom is -0.444 e. The zero-order valence-corrected chi connectivity index (χ0v) is 26.4. The number of carbonyl (C=O) groups is 3. The van der Waals surface area contributed by atoms with E-state index in [0.29, 0.717) is 18.3 Å². The highest BCUT2D eigenvalue weighted by Gasteiger charge is 2.40. The van der Waals surface area contributed by atoms with Gasteiger partial charge in [-0.15, -0.1) is 0 Å². The molecule has 1 atom stereocenters. The number of carbonyl (C=O) groups excluding carboxylic acids is 3. The lowest BCUT2D eigenvalue weighted by molar-refractivity contribution is -0.134. The van der Waals surface area contributed by atoms with Gasteiger partial charge in [-0.2, -0.15) is 5.10 Å². The molecule has 10 nitrogen and oxygen atoms in total. The summed E-state index contributed by atoms with van der Waals surface area (Å²) < 4.78 is 7.46. The molecular weight excluding hydrogens is 544 g/mol. The van der Waals surface area contributed by atoms with E-state index in [0.717, 1.165) is 74.6 Å². The Bertz CT molecular complexity index is 1350. The van der Waals surface area contributed by atoms with Gasteiger partial charge in [-0.05, 0) is 95.2 Å². The van der Waals surface area contributed by atoms with E-state index < -0.39 is 5.60 Å². The summed E-state index contributed by atoms with van der Waals surface area (Å²) in [7, 11) is 1.93. The highest BCUT2D eigenvalue weighted by molar-refractivity contribution is 6.02. The standard InChI is InChI=1S/C33H48N6O4/c1-32(2,3)43-31(42)39-15-13-33(14-16-39)11-9-23(10-12-33)22-37-17-19-38(20-18-37)24-5-6-25-27(21-24)36(4)35-29(25)26-7-8-28(40)34-30(26)41/h5-6,21,23,26H,7-20,22H2,1-4H3,(H,34,40,41). The highest BCUT2D eigenvalue weighted by atomic mass is 16.6. The van der Waals surface area contributed by atoms with Crippen molar-refractivity contribution in [2.45, 2.75) is 83.7 Å². The Morgan fingerprint density at radius 2 is 1.70 bits per heavy atom. The normalized spacial score (nSPS) is 24.0. The summed E-state index contributed by atoms with van der Waals surface area (Å²) in [5.74, 6) is -0.0611. The van der Waals surface area contributed by atoms with Crippen LogP contribution < -0.4 is 10.2 Å². The quantitative estimate of drug-likeness (QED) is 0.525. The van der Waals surface area contributed by atoms with Crippen LogP contribution in [-0.2, 0) is 21.4 Å². The van der Waals surface area contributed by atoms with Crippen LogP contribution >= 0.6 is 0 Å². The molecule has 2 aromatic rings.